The molecule has 15 nitrogen and oxygen atoms in total. The molecule has 334 valence electrons. The van der Waals surface area contributed by atoms with Crippen molar-refractivity contribution in [3.8, 4) is 57.2 Å². The molecule has 0 amide bonds. The molecule has 2 atom stereocenters. The highest BCUT2D eigenvalue weighted by Crippen LogP contribution is 2.39. The van der Waals surface area contributed by atoms with Gasteiger partial charge in [-0.15, -0.1) is 0 Å². The van der Waals surface area contributed by atoms with Crippen LogP contribution in [0.2, 0.25) is 0 Å². The van der Waals surface area contributed by atoms with Gasteiger partial charge in [-0.3, -0.25) is 0 Å². The summed E-state index contributed by atoms with van der Waals surface area (Å²) in [5.41, 5.74) is 14.5. The average Bonchev–Trinajstić information content (AvgIpc) is 3.97. The number of hydrogen-bond acceptors (Lipinski definition) is 12. The van der Waals surface area contributed by atoms with Crippen LogP contribution in [0.15, 0.2) is 81.8 Å². The Balaban J connectivity index is 0.000000214. The van der Waals surface area contributed by atoms with Crippen molar-refractivity contribution in [2.24, 2.45) is 5.73 Å². The number of nitrogens with zero attached hydrogens (tertiary/aromatic N) is 6. The molecule has 0 saturated heterocycles. The number of nitrogens with one attached hydrogen (secondary N) is 1. The molecule has 0 fully saturated rings. The summed E-state index contributed by atoms with van der Waals surface area (Å²) < 4.78 is 55.1. The van der Waals surface area contributed by atoms with Gasteiger partial charge in [0.05, 0.1) is 37.7 Å². The van der Waals surface area contributed by atoms with Crippen molar-refractivity contribution in [2.45, 2.75) is 97.9 Å². The summed E-state index contributed by atoms with van der Waals surface area (Å²) in [5, 5.41) is 8.37. The first kappa shape index (κ1) is 47.1. The van der Waals surface area contributed by atoms with Crippen LogP contribution >= 0.6 is 0 Å². The van der Waals surface area contributed by atoms with Crippen LogP contribution in [-0.4, -0.2) is 60.4 Å². The molecule has 0 radical (unpaired) electrons. The molecule has 64 heavy (non-hydrogen) atoms. The number of methoxy groups -OCH3 is 1. The maximum atomic E-state index is 12.5. The summed E-state index contributed by atoms with van der Waals surface area (Å²) >= 11 is 0. The monoisotopic (exact) mass is 886 g/mol. The fraction of sp³-hybridized carbons (Fsp3) is 0.375. The zero-order chi connectivity index (χ0) is 44.7. The lowest BCUT2D eigenvalue weighted by atomic mass is 9.85. The van der Waals surface area contributed by atoms with Crippen LogP contribution in [-0.2, 0) is 27.6 Å². The van der Waals surface area contributed by atoms with Gasteiger partial charge in [0.1, 0.15) is 11.5 Å². The van der Waals surface area contributed by atoms with E-state index in [4.69, 9.17) is 42.1 Å². The molecule has 2 aliphatic rings. The molecule has 2 aliphatic carbocycles. The maximum Gasteiger partial charge on any atom is 0.256 e. The van der Waals surface area contributed by atoms with E-state index in [1.54, 1.807) is 30.3 Å². The Bertz CT molecular complexity index is 2770. The quantitative estimate of drug-likeness (QED) is 0.105. The summed E-state index contributed by atoms with van der Waals surface area (Å²) in [6.45, 7) is 22.7. The predicted molar refractivity (Wildman–Crippen MR) is 245 cm³/mol. The first-order valence-electron chi connectivity index (χ1n) is 20.9. The summed E-state index contributed by atoms with van der Waals surface area (Å²) in [6, 6.07) is 22.1. The van der Waals surface area contributed by atoms with Crippen molar-refractivity contribution in [3.63, 3.8) is 0 Å². The van der Waals surface area contributed by atoms with Crippen LogP contribution in [0.3, 0.4) is 0 Å². The van der Waals surface area contributed by atoms with E-state index in [0.717, 1.165) is 54.4 Å². The normalized spacial score (nSPS) is 15.5. The fourth-order valence-corrected chi connectivity index (χ4v) is 9.01. The van der Waals surface area contributed by atoms with Gasteiger partial charge in [0.15, 0.2) is 0 Å². The second-order valence-electron chi connectivity index (χ2n) is 15.9. The van der Waals surface area contributed by atoms with Crippen LogP contribution in [0.4, 0.5) is 11.4 Å². The summed E-state index contributed by atoms with van der Waals surface area (Å²) in [6.07, 6.45) is 5.30. The highest BCUT2D eigenvalue weighted by Gasteiger charge is 2.28. The van der Waals surface area contributed by atoms with E-state index in [2.05, 4.69) is 40.8 Å². The number of aromatic nitrogens is 4. The highest BCUT2D eigenvalue weighted by molar-refractivity contribution is 7.89. The van der Waals surface area contributed by atoms with Crippen LogP contribution in [0.5, 0.6) is 11.5 Å². The molecule has 8 rings (SSSR count). The first-order valence-corrected chi connectivity index (χ1v) is 22.6. The number of benzene rings is 4. The minimum Gasteiger partial charge on any atom is -0.502 e. The van der Waals surface area contributed by atoms with E-state index in [-0.39, 0.29) is 44.1 Å². The Morgan fingerprint density at radius 2 is 1.27 bits per heavy atom. The number of sulfonamides is 1. The van der Waals surface area contributed by atoms with Crippen molar-refractivity contribution in [2.75, 3.05) is 19.5 Å². The topological polar surface area (TPSA) is 186 Å². The molecule has 0 spiro atoms. The van der Waals surface area contributed by atoms with Crippen molar-refractivity contribution >= 4 is 21.4 Å². The third kappa shape index (κ3) is 10.8. The second-order valence-corrected chi connectivity index (χ2v) is 17.8. The standard InChI is InChI=1S/C25H28N4O5S.C22H22N4O2.CH4/c1-16(2)33-23-12-11-17(15-22(23)26-3)25-27-24(28-34-25)20-9-5-8-19-18(20)7-6-10-21(19)29-35(30,31)14-13-32-4;1-13(2)27-20-11-10-14(12-19(20)24-3)22-25-21(26-28-22)17-8-4-7-16-15(17)6-5-9-18(16)23;/h5,8-9,11-12,15-16,21,29H,6-7,10,13-14H2,1-2,4H3;4,7-8,10-13,18H,5-6,9,23H2,1-2H3;1H4/t21-;18-;/m11./s1. The van der Waals surface area contributed by atoms with Gasteiger partial charge >= 0.3 is 0 Å². The molecule has 2 aromatic heterocycles. The van der Waals surface area contributed by atoms with Gasteiger partial charge in [0, 0.05) is 41.4 Å². The Kier molecular flexibility index (Phi) is 15.3. The minimum atomic E-state index is -3.47. The van der Waals surface area contributed by atoms with Gasteiger partial charge in [-0.25, -0.2) is 22.8 Å². The molecule has 0 saturated carbocycles. The van der Waals surface area contributed by atoms with Crippen molar-refractivity contribution < 1.29 is 31.7 Å². The average molecular weight is 887 g/mol. The maximum absolute atomic E-state index is 12.5. The molecule has 0 unspecified atom stereocenters. The number of rotatable bonds is 13. The Hall–Kier alpha value is -6.43. The lowest BCUT2D eigenvalue weighted by molar-refractivity contribution is 0.216. The molecule has 3 N–H and O–H groups in total. The first-order chi connectivity index (χ1) is 30.4. The van der Waals surface area contributed by atoms with Gasteiger partial charge in [-0.2, -0.15) is 9.97 Å². The molecule has 16 heteroatoms. The number of nitrogens with two attached hydrogens (primary N) is 1. The van der Waals surface area contributed by atoms with Crippen LogP contribution in [0.25, 0.3) is 55.4 Å². The molecular weight excluding hydrogens is 833 g/mol. The Morgan fingerprint density at radius 3 is 1.77 bits per heavy atom. The van der Waals surface area contributed by atoms with Crippen LogP contribution in [0, 0.1) is 13.1 Å². The highest BCUT2D eigenvalue weighted by atomic mass is 32.2. The number of fused-ring (bicyclic) bond motifs is 2. The zero-order valence-electron chi connectivity index (χ0n) is 35.9. The largest absolute Gasteiger partial charge is 0.502 e. The van der Waals surface area contributed by atoms with E-state index in [1.165, 1.54) is 18.2 Å². The fourth-order valence-electron chi connectivity index (χ4n) is 7.83. The molecule has 6 aromatic rings. The third-order valence-corrected chi connectivity index (χ3v) is 12.0. The smallest absolute Gasteiger partial charge is 0.256 e. The van der Waals surface area contributed by atoms with Gasteiger partial charge in [0.25, 0.3) is 11.8 Å². The number of ether oxygens (including phenoxy) is 3. The van der Waals surface area contributed by atoms with Gasteiger partial charge < -0.3 is 29.0 Å². The Labute approximate surface area is 375 Å². The molecule has 0 bridgehead atoms. The molecule has 4 aromatic carbocycles. The SMILES string of the molecule is C.[C-]#[N+]c1cc(-c2nc(-c3cccc4c3CCC[C@H]4N)no2)ccc1OC(C)C.[C-]#[N+]c1cc(-c2nc(-c3cccc4c3CCC[C@H]4NS(=O)(=O)CCOC)no2)ccc1OC(C)C. The Morgan fingerprint density at radius 1 is 0.766 bits per heavy atom. The van der Waals surface area contributed by atoms with Crippen LogP contribution < -0.4 is 19.9 Å². The van der Waals surface area contributed by atoms with Crippen molar-refractivity contribution in [1.29, 1.82) is 0 Å². The van der Waals surface area contributed by atoms with Crippen LogP contribution in [0.1, 0.15) is 95.1 Å². The lowest BCUT2D eigenvalue weighted by Crippen LogP contribution is -2.34. The summed E-state index contributed by atoms with van der Waals surface area (Å²) in [7, 11) is -1.99. The summed E-state index contributed by atoms with van der Waals surface area (Å²) in [4.78, 5) is 16.3. The molecule has 2 heterocycles. The van der Waals surface area contributed by atoms with E-state index in [0.29, 0.717) is 63.9 Å². The van der Waals surface area contributed by atoms with Gasteiger partial charge in [-0.05, 0) is 125 Å². The van der Waals surface area contributed by atoms with Gasteiger partial charge in [-0.1, -0.05) is 54.1 Å². The van der Waals surface area contributed by atoms with Crippen molar-refractivity contribution in [1.82, 2.24) is 25.0 Å². The van der Waals surface area contributed by atoms with E-state index < -0.39 is 10.0 Å². The predicted octanol–water partition coefficient (Wildman–Crippen LogP) is 10.4. The lowest BCUT2D eigenvalue weighted by Gasteiger charge is -2.27. The molecule has 0 aliphatic heterocycles. The number of hydrogen-bond donors (Lipinski definition) is 2. The minimum absolute atomic E-state index is 0. The zero-order valence-corrected chi connectivity index (χ0v) is 36.7. The summed E-state index contributed by atoms with van der Waals surface area (Å²) in [5.74, 6) is 2.63. The van der Waals surface area contributed by atoms with Gasteiger partial charge in [0.2, 0.25) is 33.0 Å². The molecular formula is C48H54N8O7S. The third-order valence-electron chi connectivity index (χ3n) is 10.7. The van der Waals surface area contributed by atoms with E-state index in [1.807, 2.05) is 64.1 Å². The van der Waals surface area contributed by atoms with E-state index >= 15 is 0 Å². The van der Waals surface area contributed by atoms with E-state index in [9.17, 15) is 8.42 Å². The van der Waals surface area contributed by atoms with Crippen molar-refractivity contribution in [3.05, 3.63) is 118 Å². The second kappa shape index (κ2) is 20.8.